The molecule has 1 saturated carbocycles. The minimum absolute atomic E-state index is 0.0338. The number of aliphatic hydroxyl groups is 1. The molecule has 0 bridgehead atoms. The lowest BCUT2D eigenvalue weighted by molar-refractivity contribution is -0.384. The molecule has 0 spiro atoms. The first-order valence-corrected chi connectivity index (χ1v) is 7.62. The number of halogens is 1. The van der Waals surface area contributed by atoms with Crippen LogP contribution in [0.2, 0.25) is 5.02 Å². The summed E-state index contributed by atoms with van der Waals surface area (Å²) in [6, 6.07) is 4.44. The molecular formula is C15H21ClN2O3. The van der Waals surface area contributed by atoms with Gasteiger partial charge in [0.25, 0.3) is 5.69 Å². The summed E-state index contributed by atoms with van der Waals surface area (Å²) < 4.78 is 0. The maximum atomic E-state index is 10.8. The minimum atomic E-state index is -0.427. The summed E-state index contributed by atoms with van der Waals surface area (Å²) >= 11 is 6.11. The molecule has 2 N–H and O–H groups in total. The number of nitro benzene ring substituents is 1. The average molecular weight is 313 g/mol. The van der Waals surface area contributed by atoms with E-state index in [2.05, 4.69) is 12.2 Å². The largest absolute Gasteiger partial charge is 0.394 e. The van der Waals surface area contributed by atoms with E-state index in [1.807, 2.05) is 0 Å². The van der Waals surface area contributed by atoms with Gasteiger partial charge < -0.3 is 10.4 Å². The summed E-state index contributed by atoms with van der Waals surface area (Å²) in [5.41, 5.74) is 0.435. The molecule has 0 heterocycles. The molecule has 0 radical (unpaired) electrons. The van der Waals surface area contributed by atoms with Crippen molar-refractivity contribution in [2.75, 3.05) is 6.61 Å². The third kappa shape index (κ3) is 3.93. The maximum absolute atomic E-state index is 10.8. The molecule has 5 nitrogen and oxygen atoms in total. The Labute approximate surface area is 129 Å². The summed E-state index contributed by atoms with van der Waals surface area (Å²) in [6.45, 7) is 2.72. The Morgan fingerprint density at radius 2 is 2.14 bits per heavy atom. The lowest BCUT2D eigenvalue weighted by Gasteiger charge is -2.39. The third-order valence-corrected chi connectivity index (χ3v) is 4.80. The van der Waals surface area contributed by atoms with Crippen molar-refractivity contribution in [1.29, 1.82) is 0 Å². The number of aliphatic hydroxyl groups excluding tert-OH is 1. The number of benzene rings is 1. The van der Waals surface area contributed by atoms with Gasteiger partial charge in [0.2, 0.25) is 0 Å². The van der Waals surface area contributed by atoms with Gasteiger partial charge in [0.15, 0.2) is 0 Å². The first-order chi connectivity index (χ1) is 9.96. The molecule has 1 aliphatic rings. The van der Waals surface area contributed by atoms with Crippen molar-refractivity contribution in [2.45, 2.75) is 44.7 Å². The third-order valence-electron chi connectivity index (χ3n) is 4.43. The van der Waals surface area contributed by atoms with Gasteiger partial charge in [-0.25, -0.2) is 0 Å². The molecule has 1 aliphatic carbocycles. The molecule has 0 saturated heterocycles. The Kier molecular flexibility index (Phi) is 5.19. The topological polar surface area (TPSA) is 75.4 Å². The lowest BCUT2D eigenvalue weighted by atomic mass is 9.77. The fourth-order valence-corrected chi connectivity index (χ4v) is 2.98. The van der Waals surface area contributed by atoms with Crippen LogP contribution in [0.5, 0.6) is 0 Å². The van der Waals surface area contributed by atoms with Gasteiger partial charge in [-0.2, -0.15) is 0 Å². The van der Waals surface area contributed by atoms with Gasteiger partial charge >= 0.3 is 0 Å². The van der Waals surface area contributed by atoms with E-state index in [4.69, 9.17) is 11.6 Å². The van der Waals surface area contributed by atoms with E-state index in [0.29, 0.717) is 23.0 Å². The number of rotatable bonds is 5. The standard InChI is InChI=1S/C15H21ClN2O3/c1-11-4-6-15(10-19,7-5-11)17-9-12-8-13(18(20)21)2-3-14(12)16/h2-3,8,11,17,19H,4-7,9-10H2,1H3. The second-order valence-electron chi connectivity index (χ2n) is 6.01. The Balaban J connectivity index is 2.07. The molecule has 0 amide bonds. The van der Waals surface area contributed by atoms with Crippen LogP contribution in [-0.2, 0) is 6.54 Å². The van der Waals surface area contributed by atoms with Crippen molar-refractivity contribution in [2.24, 2.45) is 5.92 Å². The summed E-state index contributed by atoms with van der Waals surface area (Å²) in [5, 5.41) is 24.4. The van der Waals surface area contributed by atoms with Crippen molar-refractivity contribution in [3.05, 3.63) is 38.9 Å². The second kappa shape index (κ2) is 6.73. The zero-order valence-corrected chi connectivity index (χ0v) is 12.9. The number of nitrogens with one attached hydrogen (secondary N) is 1. The van der Waals surface area contributed by atoms with Crippen LogP contribution < -0.4 is 5.32 Å². The van der Waals surface area contributed by atoms with E-state index in [1.54, 1.807) is 6.07 Å². The van der Waals surface area contributed by atoms with Crippen LogP contribution in [0.15, 0.2) is 18.2 Å². The quantitative estimate of drug-likeness (QED) is 0.646. The Bertz CT molecular complexity index is 514. The predicted molar refractivity (Wildman–Crippen MR) is 82.4 cm³/mol. The highest BCUT2D eigenvalue weighted by molar-refractivity contribution is 6.31. The normalized spacial score (nSPS) is 25.8. The SMILES string of the molecule is CC1CCC(CO)(NCc2cc([N+](=O)[O-])ccc2Cl)CC1. The second-order valence-corrected chi connectivity index (χ2v) is 6.41. The minimum Gasteiger partial charge on any atom is -0.394 e. The van der Waals surface area contributed by atoms with Crippen molar-refractivity contribution in [1.82, 2.24) is 5.32 Å². The highest BCUT2D eigenvalue weighted by atomic mass is 35.5. The lowest BCUT2D eigenvalue weighted by Crippen LogP contribution is -2.50. The highest BCUT2D eigenvalue weighted by Crippen LogP contribution is 2.32. The van der Waals surface area contributed by atoms with Gasteiger partial charge in [-0.3, -0.25) is 10.1 Å². The van der Waals surface area contributed by atoms with Gasteiger partial charge in [0.1, 0.15) is 0 Å². The zero-order chi connectivity index (χ0) is 15.5. The van der Waals surface area contributed by atoms with Crippen LogP contribution in [0.3, 0.4) is 0 Å². The van der Waals surface area contributed by atoms with E-state index in [-0.39, 0.29) is 17.8 Å². The van der Waals surface area contributed by atoms with Crippen molar-refractivity contribution >= 4 is 17.3 Å². The Morgan fingerprint density at radius 1 is 1.48 bits per heavy atom. The van der Waals surface area contributed by atoms with Crippen LogP contribution in [0.4, 0.5) is 5.69 Å². The summed E-state index contributed by atoms with van der Waals surface area (Å²) in [4.78, 5) is 10.4. The van der Waals surface area contributed by atoms with Crippen LogP contribution in [-0.4, -0.2) is 22.2 Å². The average Bonchev–Trinajstić information content (AvgIpc) is 2.48. The molecule has 1 aromatic carbocycles. The first kappa shape index (κ1) is 16.2. The van der Waals surface area contributed by atoms with Crippen molar-refractivity contribution in [3.8, 4) is 0 Å². The number of hydrogen-bond acceptors (Lipinski definition) is 4. The van der Waals surface area contributed by atoms with Crippen LogP contribution >= 0.6 is 11.6 Å². The molecule has 6 heteroatoms. The van der Waals surface area contributed by atoms with E-state index in [1.165, 1.54) is 12.1 Å². The molecule has 0 atom stereocenters. The van der Waals surface area contributed by atoms with E-state index in [9.17, 15) is 15.2 Å². The zero-order valence-electron chi connectivity index (χ0n) is 12.1. The maximum Gasteiger partial charge on any atom is 0.269 e. The van der Waals surface area contributed by atoms with Crippen molar-refractivity contribution in [3.63, 3.8) is 0 Å². The molecule has 2 rings (SSSR count). The smallest absolute Gasteiger partial charge is 0.269 e. The molecule has 1 fully saturated rings. The van der Waals surface area contributed by atoms with Crippen LogP contribution in [0, 0.1) is 16.0 Å². The number of non-ortho nitro benzene ring substituents is 1. The number of nitro groups is 1. The predicted octanol–water partition coefficient (Wildman–Crippen LogP) is 3.28. The summed E-state index contributed by atoms with van der Waals surface area (Å²) in [5.74, 6) is 0.688. The van der Waals surface area contributed by atoms with Crippen molar-refractivity contribution < 1.29 is 10.0 Å². The summed E-state index contributed by atoms with van der Waals surface area (Å²) in [7, 11) is 0. The molecule has 1 aromatic rings. The van der Waals surface area contributed by atoms with Gasteiger partial charge in [-0.15, -0.1) is 0 Å². The van der Waals surface area contributed by atoms with Gasteiger partial charge in [-0.05, 0) is 43.2 Å². The van der Waals surface area contributed by atoms with Crippen LogP contribution in [0.25, 0.3) is 0 Å². The fraction of sp³-hybridized carbons (Fsp3) is 0.600. The molecule has 21 heavy (non-hydrogen) atoms. The number of nitrogens with zero attached hydrogens (tertiary/aromatic N) is 1. The molecule has 116 valence electrons. The highest BCUT2D eigenvalue weighted by Gasteiger charge is 2.33. The molecule has 0 aromatic heterocycles. The molecule has 0 unspecified atom stereocenters. The van der Waals surface area contributed by atoms with Gasteiger partial charge in [0.05, 0.1) is 11.5 Å². The van der Waals surface area contributed by atoms with Gasteiger partial charge in [0, 0.05) is 29.2 Å². The number of hydrogen-bond donors (Lipinski definition) is 2. The van der Waals surface area contributed by atoms with E-state index < -0.39 is 4.92 Å². The monoisotopic (exact) mass is 312 g/mol. The van der Waals surface area contributed by atoms with Gasteiger partial charge in [-0.1, -0.05) is 18.5 Å². The van der Waals surface area contributed by atoms with Crippen LogP contribution in [0.1, 0.15) is 38.2 Å². The Hall–Kier alpha value is -1.17. The molecular weight excluding hydrogens is 292 g/mol. The van der Waals surface area contributed by atoms with E-state index in [0.717, 1.165) is 25.7 Å². The molecule has 0 aliphatic heterocycles. The van der Waals surface area contributed by atoms with E-state index >= 15 is 0 Å². The summed E-state index contributed by atoms with van der Waals surface area (Å²) in [6.07, 6.45) is 3.99. The fourth-order valence-electron chi connectivity index (χ4n) is 2.80. The Morgan fingerprint density at radius 3 is 2.71 bits per heavy atom. The first-order valence-electron chi connectivity index (χ1n) is 7.24.